The number of rotatable bonds is 4. The molecule has 0 spiro atoms. The zero-order chi connectivity index (χ0) is 13.7. The van der Waals surface area contributed by atoms with Crippen LogP contribution < -0.4 is 4.74 Å². The van der Waals surface area contributed by atoms with Gasteiger partial charge in [-0.1, -0.05) is 23.8 Å². The lowest BCUT2D eigenvalue weighted by Gasteiger charge is -2.03. The number of hydrogen-bond acceptors (Lipinski definition) is 5. The molecule has 0 aliphatic carbocycles. The molecule has 1 heterocycles. The van der Waals surface area contributed by atoms with Gasteiger partial charge in [0.1, 0.15) is 0 Å². The Hall–Kier alpha value is -2.63. The van der Waals surface area contributed by atoms with E-state index >= 15 is 0 Å². The third kappa shape index (κ3) is 3.41. The van der Waals surface area contributed by atoms with Gasteiger partial charge in [0, 0.05) is 16.8 Å². The van der Waals surface area contributed by atoms with Crippen molar-refractivity contribution < 1.29 is 9.53 Å². The maximum absolute atomic E-state index is 10.7. The minimum atomic E-state index is -0.885. The highest BCUT2D eigenvalue weighted by molar-refractivity contribution is 5.78. The maximum atomic E-state index is 10.7. The predicted octanol–water partition coefficient (Wildman–Crippen LogP) is 2.12. The Morgan fingerprint density at radius 2 is 2.11 bits per heavy atom. The summed E-state index contributed by atoms with van der Waals surface area (Å²) >= 11 is 0. The fourth-order valence-electron chi connectivity index (χ4n) is 1.52. The van der Waals surface area contributed by atoms with Gasteiger partial charge in [0.25, 0.3) is 0 Å². The number of nitroso groups, excluding NO2 is 1. The molecular weight excluding hydrogens is 246 g/mol. The molecule has 2 aromatic rings. The quantitative estimate of drug-likeness (QED) is 0.783. The van der Waals surface area contributed by atoms with Crippen molar-refractivity contribution in [2.45, 2.75) is 6.92 Å². The molecule has 0 aliphatic heterocycles. The minimum absolute atomic E-state index is 0.174. The summed E-state index contributed by atoms with van der Waals surface area (Å²) in [5.41, 5.74) is 2.78. The maximum Gasteiger partial charge on any atom is 0.323 e. The molecule has 0 fully saturated rings. The van der Waals surface area contributed by atoms with E-state index in [2.05, 4.69) is 15.4 Å². The van der Waals surface area contributed by atoms with Crippen molar-refractivity contribution in [3.05, 3.63) is 46.9 Å². The van der Waals surface area contributed by atoms with Crippen LogP contribution in [-0.4, -0.2) is 22.7 Å². The molecular formula is C13H11N3O3. The Bertz CT molecular complexity index is 596. The molecule has 1 amide bonds. The highest BCUT2D eigenvalue weighted by Gasteiger charge is 2.05. The van der Waals surface area contributed by atoms with Crippen LogP contribution in [0.25, 0.3) is 11.3 Å². The summed E-state index contributed by atoms with van der Waals surface area (Å²) in [5, 5.41) is 10.0. The van der Waals surface area contributed by atoms with Crippen molar-refractivity contribution in [2.24, 2.45) is 5.18 Å². The van der Waals surface area contributed by atoms with Gasteiger partial charge in [-0.25, -0.2) is 0 Å². The van der Waals surface area contributed by atoms with Crippen molar-refractivity contribution in [2.75, 3.05) is 6.61 Å². The molecule has 1 aromatic heterocycles. The Kier molecular flexibility index (Phi) is 3.92. The second-order valence-electron chi connectivity index (χ2n) is 3.90. The summed E-state index contributed by atoms with van der Waals surface area (Å²) in [6.45, 7) is 1.56. The van der Waals surface area contributed by atoms with Gasteiger partial charge < -0.3 is 4.74 Å². The summed E-state index contributed by atoms with van der Waals surface area (Å²) in [6, 6.07) is 11.2. The first kappa shape index (κ1) is 12.8. The van der Waals surface area contributed by atoms with E-state index in [1.807, 2.05) is 31.2 Å². The van der Waals surface area contributed by atoms with Crippen LogP contribution in [0.3, 0.4) is 0 Å². The van der Waals surface area contributed by atoms with Crippen LogP contribution in [0.2, 0.25) is 0 Å². The molecule has 1 aromatic carbocycles. The number of aromatic nitrogens is 2. The van der Waals surface area contributed by atoms with E-state index < -0.39 is 12.5 Å². The monoisotopic (exact) mass is 257 g/mol. The van der Waals surface area contributed by atoms with E-state index in [1.165, 1.54) is 0 Å². The minimum Gasteiger partial charge on any atom is -0.466 e. The first-order valence-corrected chi connectivity index (χ1v) is 5.59. The van der Waals surface area contributed by atoms with E-state index in [9.17, 15) is 9.70 Å². The molecule has 0 aliphatic rings. The normalized spacial score (nSPS) is 9.95. The van der Waals surface area contributed by atoms with Crippen molar-refractivity contribution in [3.63, 3.8) is 0 Å². The molecule has 6 nitrogen and oxygen atoms in total. The van der Waals surface area contributed by atoms with E-state index in [-0.39, 0.29) is 5.88 Å². The van der Waals surface area contributed by atoms with E-state index in [1.54, 1.807) is 12.1 Å². The molecule has 0 bridgehead atoms. The van der Waals surface area contributed by atoms with Gasteiger partial charge in [0.05, 0.1) is 5.69 Å². The lowest BCUT2D eigenvalue weighted by Crippen LogP contribution is -2.08. The molecule has 0 saturated carbocycles. The number of amides is 1. The number of ether oxygens (including phenoxy) is 1. The lowest BCUT2D eigenvalue weighted by atomic mass is 10.1. The largest absolute Gasteiger partial charge is 0.466 e. The Labute approximate surface area is 109 Å². The fourth-order valence-corrected chi connectivity index (χ4v) is 1.52. The molecule has 2 rings (SSSR count). The number of carbonyl (C=O) groups excluding carboxylic acids is 1. The molecule has 0 unspecified atom stereocenters. The van der Waals surface area contributed by atoms with E-state index in [0.717, 1.165) is 11.1 Å². The topological polar surface area (TPSA) is 81.5 Å². The average molecular weight is 257 g/mol. The van der Waals surface area contributed by atoms with Gasteiger partial charge in [-0.2, -0.15) is 0 Å². The van der Waals surface area contributed by atoms with Crippen LogP contribution in [0, 0.1) is 11.8 Å². The molecule has 19 heavy (non-hydrogen) atoms. The van der Waals surface area contributed by atoms with E-state index in [0.29, 0.717) is 5.69 Å². The molecule has 0 saturated heterocycles. The number of nitrogens with zero attached hydrogens (tertiary/aromatic N) is 3. The van der Waals surface area contributed by atoms with Gasteiger partial charge in [0.2, 0.25) is 5.88 Å². The number of benzene rings is 1. The van der Waals surface area contributed by atoms with Gasteiger partial charge in [-0.3, -0.25) is 4.79 Å². The fraction of sp³-hybridized carbons (Fsp3) is 0.154. The van der Waals surface area contributed by atoms with Crippen LogP contribution in [0.15, 0.2) is 41.6 Å². The number of hydrogen-bond donors (Lipinski definition) is 0. The summed E-state index contributed by atoms with van der Waals surface area (Å²) in [5.74, 6) is -0.710. The standard InChI is InChI=1S/C13H11N3O3/c1-9-3-2-4-10(7-9)11-5-6-13(15-14-11)19-8-12(17)16-18/h2-7H,8H2,1H3. The lowest BCUT2D eigenvalue weighted by molar-refractivity contribution is -0.119. The van der Waals surface area contributed by atoms with Crippen LogP contribution in [0.5, 0.6) is 5.88 Å². The predicted molar refractivity (Wildman–Crippen MR) is 68.5 cm³/mol. The average Bonchev–Trinajstić information content (AvgIpc) is 2.45. The molecule has 0 atom stereocenters. The van der Waals surface area contributed by atoms with Gasteiger partial charge in [-0.05, 0) is 19.1 Å². The summed E-state index contributed by atoms with van der Waals surface area (Å²) < 4.78 is 4.96. The van der Waals surface area contributed by atoms with Crippen molar-refractivity contribution in [1.82, 2.24) is 10.2 Å². The van der Waals surface area contributed by atoms with Gasteiger partial charge in [-0.15, -0.1) is 15.1 Å². The first-order valence-electron chi connectivity index (χ1n) is 5.59. The second-order valence-corrected chi connectivity index (χ2v) is 3.90. The zero-order valence-electron chi connectivity index (χ0n) is 10.2. The van der Waals surface area contributed by atoms with Gasteiger partial charge in [0.15, 0.2) is 6.61 Å². The SMILES string of the molecule is Cc1cccc(-c2ccc(OCC(=O)N=O)nn2)c1. The van der Waals surface area contributed by atoms with Crippen molar-refractivity contribution in [1.29, 1.82) is 0 Å². The third-order valence-corrected chi connectivity index (χ3v) is 2.40. The highest BCUT2D eigenvalue weighted by atomic mass is 16.5. The Balaban J connectivity index is 2.10. The number of carbonyl (C=O) groups is 1. The zero-order valence-corrected chi connectivity index (χ0v) is 10.2. The Morgan fingerprint density at radius 3 is 2.74 bits per heavy atom. The molecule has 6 heteroatoms. The van der Waals surface area contributed by atoms with E-state index in [4.69, 9.17) is 4.74 Å². The summed E-state index contributed by atoms with van der Waals surface area (Å²) in [7, 11) is 0. The smallest absolute Gasteiger partial charge is 0.323 e. The molecule has 96 valence electrons. The molecule has 0 N–H and O–H groups in total. The van der Waals surface area contributed by atoms with Crippen LogP contribution in [0.4, 0.5) is 0 Å². The van der Waals surface area contributed by atoms with Crippen molar-refractivity contribution in [3.8, 4) is 17.1 Å². The number of aryl methyl sites for hydroxylation is 1. The molecule has 0 radical (unpaired) electrons. The van der Waals surface area contributed by atoms with Crippen LogP contribution in [0.1, 0.15) is 5.56 Å². The first-order chi connectivity index (χ1) is 9.19. The van der Waals surface area contributed by atoms with Crippen LogP contribution >= 0.6 is 0 Å². The van der Waals surface area contributed by atoms with Crippen LogP contribution in [-0.2, 0) is 4.79 Å². The van der Waals surface area contributed by atoms with Crippen molar-refractivity contribution >= 4 is 5.91 Å². The highest BCUT2D eigenvalue weighted by Crippen LogP contribution is 2.18. The second kappa shape index (κ2) is 5.81. The summed E-state index contributed by atoms with van der Waals surface area (Å²) in [4.78, 5) is 20.5. The Morgan fingerprint density at radius 1 is 1.26 bits per heavy atom. The summed E-state index contributed by atoms with van der Waals surface area (Å²) in [6.07, 6.45) is 0. The van der Waals surface area contributed by atoms with Gasteiger partial charge >= 0.3 is 5.91 Å². The third-order valence-electron chi connectivity index (χ3n) is 2.40.